The molecule has 18 heavy (non-hydrogen) atoms. The lowest BCUT2D eigenvalue weighted by molar-refractivity contribution is -0.175. The summed E-state index contributed by atoms with van der Waals surface area (Å²) in [6.45, 7) is -1.45. The molecule has 0 aliphatic carbocycles. The van der Waals surface area contributed by atoms with E-state index in [-0.39, 0.29) is 19.0 Å². The summed E-state index contributed by atoms with van der Waals surface area (Å²) >= 11 is 0. The number of benzene rings is 1. The number of hydrogen-bond donors (Lipinski definition) is 2. The number of amidine groups is 1. The van der Waals surface area contributed by atoms with Crippen LogP contribution in [0.5, 0.6) is 5.75 Å². The van der Waals surface area contributed by atoms with E-state index in [1.54, 1.807) is 18.2 Å². The summed E-state index contributed by atoms with van der Waals surface area (Å²) < 4.78 is 44.8. The van der Waals surface area contributed by atoms with Crippen molar-refractivity contribution in [2.45, 2.75) is 6.18 Å². The van der Waals surface area contributed by atoms with Gasteiger partial charge in [0.2, 0.25) is 0 Å². The van der Waals surface area contributed by atoms with Crippen LogP contribution < -0.4 is 10.5 Å². The van der Waals surface area contributed by atoms with Crippen molar-refractivity contribution in [3.8, 4) is 5.75 Å². The van der Waals surface area contributed by atoms with Gasteiger partial charge in [-0.2, -0.15) is 13.2 Å². The summed E-state index contributed by atoms with van der Waals surface area (Å²) in [5, 5.41) is 7.22. The zero-order valence-electron chi connectivity index (χ0n) is 9.46. The predicted octanol–water partition coefficient (Wildman–Crippen LogP) is 1.93. The maximum Gasteiger partial charge on any atom is 0.411 e. The molecule has 0 aliphatic heterocycles. The van der Waals surface area contributed by atoms with E-state index in [2.05, 4.69) is 4.74 Å². The molecule has 0 radical (unpaired) electrons. The lowest BCUT2D eigenvalue weighted by Crippen LogP contribution is -2.19. The number of halogens is 3. The molecule has 0 aromatic heterocycles. The van der Waals surface area contributed by atoms with Gasteiger partial charge in [-0.1, -0.05) is 12.1 Å². The fourth-order valence-corrected chi connectivity index (χ4v) is 1.16. The Kier molecular flexibility index (Phi) is 4.96. The fourth-order valence-electron chi connectivity index (χ4n) is 1.16. The maximum absolute atomic E-state index is 11.7. The molecule has 0 bridgehead atoms. The van der Waals surface area contributed by atoms with Gasteiger partial charge >= 0.3 is 6.18 Å². The molecule has 0 fully saturated rings. The van der Waals surface area contributed by atoms with Gasteiger partial charge in [0.1, 0.15) is 24.8 Å². The summed E-state index contributed by atoms with van der Waals surface area (Å²) in [6.07, 6.45) is -4.32. The summed E-state index contributed by atoms with van der Waals surface area (Å²) in [7, 11) is 0. The highest BCUT2D eigenvalue weighted by Gasteiger charge is 2.27. The second kappa shape index (κ2) is 6.25. The topological polar surface area (TPSA) is 68.3 Å². The van der Waals surface area contributed by atoms with Gasteiger partial charge in [-0.25, -0.2) is 0 Å². The first-order chi connectivity index (χ1) is 8.38. The van der Waals surface area contributed by atoms with Crippen molar-refractivity contribution in [1.29, 1.82) is 5.41 Å². The van der Waals surface area contributed by atoms with E-state index in [0.29, 0.717) is 11.3 Å². The molecule has 4 nitrogen and oxygen atoms in total. The zero-order chi connectivity index (χ0) is 13.6. The summed E-state index contributed by atoms with van der Waals surface area (Å²) in [5.74, 6) is 0.326. The van der Waals surface area contributed by atoms with E-state index in [1.165, 1.54) is 6.07 Å². The van der Waals surface area contributed by atoms with Gasteiger partial charge in [0.25, 0.3) is 0 Å². The zero-order valence-corrected chi connectivity index (χ0v) is 9.46. The Morgan fingerprint density at radius 3 is 2.61 bits per heavy atom. The molecular formula is C11H13F3N2O2. The summed E-state index contributed by atoms with van der Waals surface area (Å²) in [6, 6.07) is 6.43. The van der Waals surface area contributed by atoms with Crippen LogP contribution in [-0.2, 0) is 4.74 Å². The number of alkyl halides is 3. The molecule has 3 N–H and O–H groups in total. The van der Waals surface area contributed by atoms with Crippen LogP contribution in [0.15, 0.2) is 24.3 Å². The first kappa shape index (κ1) is 14.3. The summed E-state index contributed by atoms with van der Waals surface area (Å²) in [4.78, 5) is 0. The Hall–Kier alpha value is -1.76. The molecular weight excluding hydrogens is 249 g/mol. The van der Waals surface area contributed by atoms with E-state index < -0.39 is 12.8 Å². The molecule has 0 amide bonds. The van der Waals surface area contributed by atoms with Crippen molar-refractivity contribution in [3.63, 3.8) is 0 Å². The van der Waals surface area contributed by atoms with E-state index in [0.717, 1.165) is 0 Å². The van der Waals surface area contributed by atoms with Gasteiger partial charge in [0.15, 0.2) is 0 Å². The predicted molar refractivity (Wildman–Crippen MR) is 59.8 cm³/mol. The highest BCUT2D eigenvalue weighted by Crippen LogP contribution is 2.15. The second-order valence-corrected chi connectivity index (χ2v) is 3.46. The third-order valence-electron chi connectivity index (χ3n) is 1.91. The van der Waals surface area contributed by atoms with Crippen LogP contribution in [0.4, 0.5) is 13.2 Å². The highest BCUT2D eigenvalue weighted by molar-refractivity contribution is 5.95. The minimum absolute atomic E-state index is 0.00254. The second-order valence-electron chi connectivity index (χ2n) is 3.46. The molecule has 0 saturated heterocycles. The minimum Gasteiger partial charge on any atom is -0.491 e. The average molecular weight is 262 g/mol. The van der Waals surface area contributed by atoms with Gasteiger partial charge < -0.3 is 15.2 Å². The SMILES string of the molecule is N=C(N)c1cccc(OCCOCC(F)(F)F)c1. The van der Waals surface area contributed by atoms with E-state index in [1.807, 2.05) is 0 Å². The van der Waals surface area contributed by atoms with Crippen LogP contribution >= 0.6 is 0 Å². The van der Waals surface area contributed by atoms with Crippen LogP contribution in [0.3, 0.4) is 0 Å². The normalized spacial score (nSPS) is 11.3. The molecule has 1 aromatic rings. The molecule has 0 unspecified atom stereocenters. The van der Waals surface area contributed by atoms with Crippen molar-refractivity contribution in [3.05, 3.63) is 29.8 Å². The maximum atomic E-state index is 11.7. The highest BCUT2D eigenvalue weighted by atomic mass is 19.4. The van der Waals surface area contributed by atoms with Gasteiger partial charge in [-0.3, -0.25) is 5.41 Å². The van der Waals surface area contributed by atoms with Crippen LogP contribution in [0.1, 0.15) is 5.56 Å². The average Bonchev–Trinajstić information content (AvgIpc) is 2.27. The molecule has 0 aliphatic rings. The van der Waals surface area contributed by atoms with Crippen LogP contribution in [-0.4, -0.2) is 31.8 Å². The van der Waals surface area contributed by atoms with E-state index in [4.69, 9.17) is 15.9 Å². The number of nitrogens with one attached hydrogen (secondary N) is 1. The lowest BCUT2D eigenvalue weighted by atomic mass is 10.2. The first-order valence-electron chi connectivity index (χ1n) is 5.10. The van der Waals surface area contributed by atoms with Crippen molar-refractivity contribution in [2.24, 2.45) is 5.73 Å². The standard InChI is InChI=1S/C11H13F3N2O2/c12-11(13,14)7-17-4-5-18-9-3-1-2-8(6-9)10(15)16/h1-3,6H,4-5,7H2,(H3,15,16). The van der Waals surface area contributed by atoms with E-state index >= 15 is 0 Å². The van der Waals surface area contributed by atoms with Gasteiger partial charge in [0, 0.05) is 5.56 Å². The van der Waals surface area contributed by atoms with Crippen molar-refractivity contribution in [1.82, 2.24) is 0 Å². The molecule has 100 valence electrons. The monoisotopic (exact) mass is 262 g/mol. The summed E-state index contributed by atoms with van der Waals surface area (Å²) in [5.41, 5.74) is 5.77. The van der Waals surface area contributed by atoms with E-state index in [9.17, 15) is 13.2 Å². The Bertz CT molecular complexity index is 408. The third-order valence-corrected chi connectivity index (χ3v) is 1.91. The Morgan fingerprint density at radius 2 is 2.00 bits per heavy atom. The molecule has 0 atom stereocenters. The smallest absolute Gasteiger partial charge is 0.411 e. The Labute approximate surface area is 102 Å². The third kappa shape index (κ3) is 5.53. The van der Waals surface area contributed by atoms with Crippen LogP contribution in [0, 0.1) is 5.41 Å². The molecule has 0 spiro atoms. The van der Waals surface area contributed by atoms with Gasteiger partial charge in [-0.05, 0) is 12.1 Å². The largest absolute Gasteiger partial charge is 0.491 e. The number of nitrogens with two attached hydrogens (primary N) is 1. The Morgan fingerprint density at radius 1 is 1.28 bits per heavy atom. The molecule has 1 rings (SSSR count). The number of rotatable bonds is 6. The van der Waals surface area contributed by atoms with Gasteiger partial charge in [0.05, 0.1) is 6.61 Å². The molecule has 0 heterocycles. The van der Waals surface area contributed by atoms with Crippen molar-refractivity contribution in [2.75, 3.05) is 19.8 Å². The van der Waals surface area contributed by atoms with Crippen molar-refractivity contribution < 1.29 is 22.6 Å². The molecule has 0 saturated carbocycles. The number of ether oxygens (including phenoxy) is 2. The number of hydrogen-bond acceptors (Lipinski definition) is 3. The fraction of sp³-hybridized carbons (Fsp3) is 0.364. The van der Waals surface area contributed by atoms with Crippen LogP contribution in [0.25, 0.3) is 0 Å². The minimum atomic E-state index is -4.32. The number of nitrogen functional groups attached to an aromatic ring is 1. The first-order valence-corrected chi connectivity index (χ1v) is 5.10. The van der Waals surface area contributed by atoms with Gasteiger partial charge in [-0.15, -0.1) is 0 Å². The lowest BCUT2D eigenvalue weighted by Gasteiger charge is -2.09. The molecule has 1 aromatic carbocycles. The Balaban J connectivity index is 2.31. The van der Waals surface area contributed by atoms with Crippen LogP contribution in [0.2, 0.25) is 0 Å². The molecule has 7 heteroatoms. The quantitative estimate of drug-likeness (QED) is 0.467. The van der Waals surface area contributed by atoms with Crippen molar-refractivity contribution >= 4 is 5.84 Å².